The number of nitrogens with zero attached hydrogens (tertiary/aromatic N) is 1. The maximum Gasteiger partial charge on any atom is 0.264 e. The highest BCUT2D eigenvalue weighted by Gasteiger charge is 2.26. The van der Waals surface area contributed by atoms with E-state index in [0.29, 0.717) is 16.8 Å². The predicted molar refractivity (Wildman–Crippen MR) is 104 cm³/mol. The zero-order valence-corrected chi connectivity index (χ0v) is 17.0. The largest absolute Gasteiger partial charge is 0.266 e. The lowest BCUT2D eigenvalue weighted by Crippen LogP contribution is -2.34. The second-order valence-electron chi connectivity index (χ2n) is 6.50. The molecule has 2 aromatic carbocycles. The topological polar surface area (TPSA) is 37.4 Å². The van der Waals surface area contributed by atoms with E-state index < -0.39 is 10.0 Å². The molecule has 0 spiro atoms. The lowest BCUT2D eigenvalue weighted by atomic mass is 10.1. The monoisotopic (exact) mass is 409 g/mol. The third kappa shape index (κ3) is 4.19. The Kier molecular flexibility index (Phi) is 6.10. The molecule has 2 aromatic rings. The van der Waals surface area contributed by atoms with Crippen molar-refractivity contribution in [3.63, 3.8) is 0 Å². The van der Waals surface area contributed by atoms with E-state index in [1.165, 1.54) is 4.31 Å². The van der Waals surface area contributed by atoms with Gasteiger partial charge in [0.15, 0.2) is 0 Å². The molecule has 0 heterocycles. The Morgan fingerprint density at radius 1 is 1.04 bits per heavy atom. The lowest BCUT2D eigenvalue weighted by Gasteiger charge is -2.28. The number of rotatable bonds is 6. The minimum Gasteiger partial charge on any atom is -0.266 e. The third-order valence-electron chi connectivity index (χ3n) is 3.82. The summed E-state index contributed by atoms with van der Waals surface area (Å²) in [4.78, 5) is 0.327. The van der Waals surface area contributed by atoms with Crippen molar-refractivity contribution in [3.8, 4) is 0 Å². The molecule has 24 heavy (non-hydrogen) atoms. The van der Waals surface area contributed by atoms with Crippen molar-refractivity contribution in [3.05, 3.63) is 59.2 Å². The van der Waals surface area contributed by atoms with Crippen LogP contribution in [0.3, 0.4) is 0 Å². The second-order valence-corrected chi connectivity index (χ2v) is 8.92. The molecule has 0 aliphatic carbocycles. The van der Waals surface area contributed by atoms with E-state index in [1.807, 2.05) is 58.0 Å². The van der Waals surface area contributed by atoms with Crippen LogP contribution in [0.4, 0.5) is 5.69 Å². The predicted octanol–water partition coefficient (Wildman–Crippen LogP) is 5.05. The van der Waals surface area contributed by atoms with Gasteiger partial charge in [0.25, 0.3) is 10.0 Å². The summed E-state index contributed by atoms with van der Waals surface area (Å²) in [6.07, 6.45) is 0. The number of hydrogen-bond acceptors (Lipinski definition) is 2. The van der Waals surface area contributed by atoms with Crippen LogP contribution in [0.5, 0.6) is 0 Å². The van der Waals surface area contributed by atoms with Gasteiger partial charge in [-0.3, -0.25) is 4.31 Å². The number of benzene rings is 2. The molecule has 0 unspecified atom stereocenters. The molecule has 0 bridgehead atoms. The summed E-state index contributed by atoms with van der Waals surface area (Å²) in [7, 11) is -3.59. The van der Waals surface area contributed by atoms with Crippen LogP contribution in [0.25, 0.3) is 0 Å². The molecule has 0 saturated heterocycles. The van der Waals surface area contributed by atoms with Crippen molar-refractivity contribution >= 4 is 31.6 Å². The number of halogens is 1. The van der Waals surface area contributed by atoms with E-state index in [1.54, 1.807) is 12.1 Å². The minimum absolute atomic E-state index is 0.224. The Hall–Kier alpha value is -1.33. The van der Waals surface area contributed by atoms with Gasteiger partial charge in [0.1, 0.15) is 0 Å². The fraction of sp³-hybridized carbons (Fsp3) is 0.368. The standard InChI is InChI=1S/C19H24BrNO2S/c1-14(2)13-21(19-10-5-15(3)11-16(19)4)24(22,23)18-8-6-17(12-20)7-9-18/h5-11,14H,12-13H2,1-4H3. The maximum atomic E-state index is 13.2. The molecule has 0 fully saturated rings. The highest BCUT2D eigenvalue weighted by atomic mass is 79.9. The zero-order valence-electron chi connectivity index (χ0n) is 14.6. The molecule has 0 N–H and O–H groups in total. The molecule has 0 radical (unpaired) electrons. The van der Waals surface area contributed by atoms with Crippen molar-refractivity contribution in [1.29, 1.82) is 0 Å². The Morgan fingerprint density at radius 2 is 1.67 bits per heavy atom. The minimum atomic E-state index is -3.59. The molecule has 2 rings (SSSR count). The van der Waals surface area contributed by atoms with E-state index in [9.17, 15) is 8.42 Å². The summed E-state index contributed by atoms with van der Waals surface area (Å²) >= 11 is 3.39. The van der Waals surface area contributed by atoms with E-state index >= 15 is 0 Å². The molecule has 0 atom stereocenters. The fourth-order valence-corrected chi connectivity index (χ4v) is 4.69. The van der Waals surface area contributed by atoms with Crippen LogP contribution in [-0.4, -0.2) is 15.0 Å². The van der Waals surface area contributed by atoms with Crippen LogP contribution in [0.2, 0.25) is 0 Å². The molecular weight excluding hydrogens is 386 g/mol. The molecule has 0 saturated carbocycles. The van der Waals surface area contributed by atoms with Gasteiger partial charge >= 0.3 is 0 Å². The van der Waals surface area contributed by atoms with Crippen LogP contribution >= 0.6 is 15.9 Å². The Bertz CT molecular complexity index is 799. The summed E-state index contributed by atoms with van der Waals surface area (Å²) in [6.45, 7) is 8.47. The number of hydrogen-bond donors (Lipinski definition) is 0. The lowest BCUT2D eigenvalue weighted by molar-refractivity contribution is 0.577. The van der Waals surface area contributed by atoms with Crippen molar-refractivity contribution in [2.24, 2.45) is 5.92 Å². The van der Waals surface area contributed by atoms with Gasteiger partial charge in [-0.1, -0.05) is 59.6 Å². The molecule has 130 valence electrons. The number of sulfonamides is 1. The Morgan fingerprint density at radius 3 is 2.17 bits per heavy atom. The van der Waals surface area contributed by atoms with Crippen LogP contribution in [-0.2, 0) is 15.4 Å². The summed E-state index contributed by atoms with van der Waals surface area (Å²) in [5.74, 6) is 0.224. The SMILES string of the molecule is Cc1ccc(N(CC(C)C)S(=O)(=O)c2ccc(CBr)cc2)c(C)c1. The average molecular weight is 410 g/mol. The van der Waals surface area contributed by atoms with Gasteiger partial charge in [-0.15, -0.1) is 0 Å². The number of anilines is 1. The third-order valence-corrected chi connectivity index (χ3v) is 6.26. The van der Waals surface area contributed by atoms with E-state index in [0.717, 1.165) is 22.4 Å². The maximum absolute atomic E-state index is 13.2. The van der Waals surface area contributed by atoms with Crippen molar-refractivity contribution in [1.82, 2.24) is 0 Å². The molecule has 3 nitrogen and oxygen atoms in total. The number of alkyl halides is 1. The van der Waals surface area contributed by atoms with Gasteiger partial charge < -0.3 is 0 Å². The normalized spacial score (nSPS) is 11.8. The van der Waals surface area contributed by atoms with Gasteiger partial charge in [-0.05, 0) is 49.1 Å². The van der Waals surface area contributed by atoms with Crippen LogP contribution < -0.4 is 4.31 Å². The first-order valence-corrected chi connectivity index (χ1v) is 10.6. The molecular formula is C19H24BrNO2S. The molecule has 0 aliphatic rings. The van der Waals surface area contributed by atoms with Crippen molar-refractivity contribution in [2.75, 3.05) is 10.8 Å². The van der Waals surface area contributed by atoms with E-state index in [-0.39, 0.29) is 5.92 Å². The van der Waals surface area contributed by atoms with Gasteiger partial charge in [0.05, 0.1) is 10.6 Å². The quantitative estimate of drug-likeness (QED) is 0.625. The van der Waals surface area contributed by atoms with Crippen LogP contribution in [0, 0.1) is 19.8 Å². The summed E-state index contributed by atoms with van der Waals surface area (Å²) < 4.78 is 28.0. The first-order chi connectivity index (χ1) is 11.3. The Labute approximate surface area is 153 Å². The highest BCUT2D eigenvalue weighted by molar-refractivity contribution is 9.08. The average Bonchev–Trinajstić information content (AvgIpc) is 2.53. The van der Waals surface area contributed by atoms with Gasteiger partial charge in [0.2, 0.25) is 0 Å². The molecule has 5 heteroatoms. The smallest absolute Gasteiger partial charge is 0.264 e. The van der Waals surface area contributed by atoms with E-state index in [4.69, 9.17) is 0 Å². The molecule has 0 aromatic heterocycles. The first kappa shape index (κ1) is 19.0. The zero-order chi connectivity index (χ0) is 17.9. The second kappa shape index (κ2) is 7.70. The summed E-state index contributed by atoms with van der Waals surface area (Å²) in [6, 6.07) is 12.9. The van der Waals surface area contributed by atoms with Gasteiger partial charge in [-0.2, -0.15) is 0 Å². The van der Waals surface area contributed by atoms with Gasteiger partial charge in [0, 0.05) is 11.9 Å². The summed E-state index contributed by atoms with van der Waals surface area (Å²) in [5.41, 5.74) is 3.89. The van der Waals surface area contributed by atoms with Crippen molar-refractivity contribution in [2.45, 2.75) is 37.9 Å². The van der Waals surface area contributed by atoms with Crippen LogP contribution in [0.15, 0.2) is 47.4 Å². The van der Waals surface area contributed by atoms with Crippen LogP contribution in [0.1, 0.15) is 30.5 Å². The molecule has 0 amide bonds. The summed E-state index contributed by atoms with van der Waals surface area (Å²) in [5, 5.41) is 0.708. The van der Waals surface area contributed by atoms with E-state index in [2.05, 4.69) is 15.9 Å². The first-order valence-electron chi connectivity index (χ1n) is 8.00. The van der Waals surface area contributed by atoms with Gasteiger partial charge in [-0.25, -0.2) is 8.42 Å². The Balaban J connectivity index is 2.52. The highest BCUT2D eigenvalue weighted by Crippen LogP contribution is 2.28. The fourth-order valence-electron chi connectivity index (χ4n) is 2.62. The molecule has 0 aliphatic heterocycles. The van der Waals surface area contributed by atoms with Crippen molar-refractivity contribution < 1.29 is 8.42 Å². The number of aryl methyl sites for hydroxylation is 2.